The lowest BCUT2D eigenvalue weighted by molar-refractivity contribution is -0.131. The Labute approximate surface area is 116 Å². The molecule has 1 amide bonds. The van der Waals surface area contributed by atoms with Crippen molar-refractivity contribution >= 4 is 18.0 Å². The number of nitrogens with one attached hydrogen (secondary N) is 1. The van der Waals surface area contributed by atoms with Crippen molar-refractivity contribution in [2.24, 2.45) is 0 Å². The molecular formula is C14H16N2O4. The summed E-state index contributed by atoms with van der Waals surface area (Å²) in [5.74, 6) is -1.28. The van der Waals surface area contributed by atoms with E-state index in [1.165, 1.54) is 12.3 Å². The summed E-state index contributed by atoms with van der Waals surface area (Å²) >= 11 is 0. The predicted octanol–water partition coefficient (Wildman–Crippen LogP) is 1.09. The van der Waals surface area contributed by atoms with Gasteiger partial charge in [0.15, 0.2) is 0 Å². The maximum Gasteiger partial charge on any atom is 0.328 e. The second-order valence-corrected chi connectivity index (χ2v) is 4.49. The number of ether oxygens (including phenoxy) is 1. The van der Waals surface area contributed by atoms with E-state index in [0.29, 0.717) is 17.8 Å². The van der Waals surface area contributed by atoms with Crippen LogP contribution in [0.4, 0.5) is 0 Å². The maximum atomic E-state index is 11.8. The molecule has 1 fully saturated rings. The molecular weight excluding hydrogens is 260 g/mol. The van der Waals surface area contributed by atoms with E-state index in [1.807, 2.05) is 0 Å². The topological polar surface area (TPSA) is 88.5 Å². The van der Waals surface area contributed by atoms with Gasteiger partial charge in [-0.3, -0.25) is 9.78 Å². The third kappa shape index (κ3) is 4.17. The number of aliphatic carboxylic acids is 1. The number of amides is 1. The molecule has 6 nitrogen and oxygen atoms in total. The van der Waals surface area contributed by atoms with E-state index in [0.717, 1.165) is 25.5 Å². The normalized spacial score (nSPS) is 18.3. The number of carbonyl (C=O) groups is 2. The number of hydrogen-bond acceptors (Lipinski definition) is 4. The molecule has 0 aromatic carbocycles. The summed E-state index contributed by atoms with van der Waals surface area (Å²) in [5.41, 5.74) is 0.929. The van der Waals surface area contributed by atoms with E-state index in [4.69, 9.17) is 9.84 Å². The van der Waals surface area contributed by atoms with Crippen molar-refractivity contribution in [3.8, 4) is 0 Å². The molecule has 0 radical (unpaired) electrons. The van der Waals surface area contributed by atoms with Crippen LogP contribution in [0.2, 0.25) is 0 Å². The first-order valence-corrected chi connectivity index (χ1v) is 6.42. The van der Waals surface area contributed by atoms with Crippen LogP contribution in [0, 0.1) is 0 Å². The average molecular weight is 276 g/mol. The zero-order chi connectivity index (χ0) is 14.4. The molecule has 1 atom stereocenters. The Balaban J connectivity index is 1.88. The highest BCUT2D eigenvalue weighted by atomic mass is 16.5. The van der Waals surface area contributed by atoms with Gasteiger partial charge in [-0.05, 0) is 30.5 Å². The highest BCUT2D eigenvalue weighted by molar-refractivity contribution is 5.92. The highest BCUT2D eigenvalue weighted by Crippen LogP contribution is 2.10. The van der Waals surface area contributed by atoms with Gasteiger partial charge in [0.1, 0.15) is 5.69 Å². The molecule has 6 heteroatoms. The number of nitrogens with zero attached hydrogens (tertiary/aromatic N) is 1. The molecule has 20 heavy (non-hydrogen) atoms. The van der Waals surface area contributed by atoms with Gasteiger partial charge in [-0.2, -0.15) is 0 Å². The molecule has 1 aliphatic heterocycles. The Hall–Kier alpha value is -2.21. The minimum atomic E-state index is -1.02. The van der Waals surface area contributed by atoms with Gasteiger partial charge < -0.3 is 15.2 Å². The zero-order valence-electron chi connectivity index (χ0n) is 10.9. The van der Waals surface area contributed by atoms with Crippen LogP contribution in [0.1, 0.15) is 28.9 Å². The largest absolute Gasteiger partial charge is 0.478 e. The summed E-state index contributed by atoms with van der Waals surface area (Å²) < 4.78 is 5.41. The molecule has 1 aromatic heterocycles. The van der Waals surface area contributed by atoms with Gasteiger partial charge >= 0.3 is 5.97 Å². The van der Waals surface area contributed by atoms with Crippen molar-refractivity contribution in [2.75, 3.05) is 13.2 Å². The van der Waals surface area contributed by atoms with Crippen LogP contribution in [0.25, 0.3) is 6.08 Å². The first-order valence-electron chi connectivity index (χ1n) is 6.42. The van der Waals surface area contributed by atoms with Crippen LogP contribution >= 0.6 is 0 Å². The Kier molecular flexibility index (Phi) is 4.84. The summed E-state index contributed by atoms with van der Waals surface area (Å²) in [4.78, 5) is 26.2. The van der Waals surface area contributed by atoms with E-state index < -0.39 is 5.97 Å². The first-order chi connectivity index (χ1) is 9.65. The lowest BCUT2D eigenvalue weighted by Crippen LogP contribution is -2.32. The van der Waals surface area contributed by atoms with Gasteiger partial charge in [-0.15, -0.1) is 0 Å². The fraction of sp³-hybridized carbons (Fsp3) is 0.357. The fourth-order valence-corrected chi connectivity index (χ4v) is 1.91. The maximum absolute atomic E-state index is 11.8. The number of hydrogen-bond donors (Lipinski definition) is 2. The monoisotopic (exact) mass is 276 g/mol. The van der Waals surface area contributed by atoms with Crippen LogP contribution < -0.4 is 5.32 Å². The quantitative estimate of drug-likeness (QED) is 0.786. The van der Waals surface area contributed by atoms with Crippen molar-refractivity contribution in [3.05, 3.63) is 35.7 Å². The van der Waals surface area contributed by atoms with Gasteiger partial charge in [0.05, 0.1) is 6.10 Å². The zero-order valence-corrected chi connectivity index (χ0v) is 10.9. The number of rotatable bonds is 5. The molecule has 2 N–H and O–H groups in total. The van der Waals surface area contributed by atoms with E-state index in [1.54, 1.807) is 12.1 Å². The lowest BCUT2D eigenvalue weighted by atomic mass is 10.2. The number of pyridine rings is 1. The molecule has 0 spiro atoms. The van der Waals surface area contributed by atoms with Gasteiger partial charge in [-0.1, -0.05) is 6.07 Å². The molecule has 0 saturated carbocycles. The van der Waals surface area contributed by atoms with Crippen molar-refractivity contribution in [1.82, 2.24) is 10.3 Å². The highest BCUT2D eigenvalue weighted by Gasteiger charge is 2.16. The van der Waals surface area contributed by atoms with Gasteiger partial charge in [0.25, 0.3) is 5.91 Å². The van der Waals surface area contributed by atoms with E-state index in [9.17, 15) is 9.59 Å². The van der Waals surface area contributed by atoms with Crippen LogP contribution in [-0.4, -0.2) is 41.2 Å². The van der Waals surface area contributed by atoms with E-state index in [-0.39, 0.29) is 12.0 Å². The smallest absolute Gasteiger partial charge is 0.328 e. The Morgan fingerprint density at radius 1 is 1.50 bits per heavy atom. The minimum absolute atomic E-state index is 0.0942. The van der Waals surface area contributed by atoms with Crippen LogP contribution in [0.3, 0.4) is 0 Å². The Bertz CT molecular complexity index is 504. The summed E-state index contributed by atoms with van der Waals surface area (Å²) in [7, 11) is 0. The van der Waals surface area contributed by atoms with Gasteiger partial charge in [0.2, 0.25) is 0 Å². The molecule has 1 aromatic rings. The van der Waals surface area contributed by atoms with Crippen LogP contribution in [0.5, 0.6) is 0 Å². The molecule has 1 aliphatic rings. The van der Waals surface area contributed by atoms with E-state index >= 15 is 0 Å². The summed E-state index contributed by atoms with van der Waals surface area (Å²) in [6, 6.07) is 3.21. The van der Waals surface area contributed by atoms with Gasteiger partial charge in [0, 0.05) is 25.4 Å². The summed E-state index contributed by atoms with van der Waals surface area (Å²) in [5, 5.41) is 11.3. The van der Waals surface area contributed by atoms with Crippen molar-refractivity contribution < 1.29 is 19.4 Å². The molecule has 2 rings (SSSR count). The third-order valence-electron chi connectivity index (χ3n) is 2.95. The summed E-state index contributed by atoms with van der Waals surface area (Å²) in [6.45, 7) is 1.24. The van der Waals surface area contributed by atoms with Gasteiger partial charge in [-0.25, -0.2) is 4.79 Å². The van der Waals surface area contributed by atoms with Crippen molar-refractivity contribution in [1.29, 1.82) is 0 Å². The standard InChI is InChI=1S/C14H16N2O4/c17-13(18)6-4-10-3-5-12(15-8-10)14(19)16-9-11-2-1-7-20-11/h3-6,8,11H,1-2,7,9H2,(H,16,19)(H,17,18). The van der Waals surface area contributed by atoms with Crippen molar-refractivity contribution in [3.63, 3.8) is 0 Å². The molecule has 0 aliphatic carbocycles. The second-order valence-electron chi connectivity index (χ2n) is 4.49. The van der Waals surface area contributed by atoms with E-state index in [2.05, 4.69) is 10.3 Å². The fourth-order valence-electron chi connectivity index (χ4n) is 1.91. The second kappa shape index (κ2) is 6.81. The number of carboxylic acid groups (broad SMARTS) is 1. The van der Waals surface area contributed by atoms with Crippen LogP contribution in [0.15, 0.2) is 24.4 Å². The Morgan fingerprint density at radius 2 is 2.35 bits per heavy atom. The first kappa shape index (κ1) is 14.2. The number of aromatic nitrogens is 1. The molecule has 106 valence electrons. The van der Waals surface area contributed by atoms with Crippen molar-refractivity contribution in [2.45, 2.75) is 18.9 Å². The van der Waals surface area contributed by atoms with Crippen LogP contribution in [-0.2, 0) is 9.53 Å². The predicted molar refractivity (Wildman–Crippen MR) is 72.2 cm³/mol. The summed E-state index contributed by atoms with van der Waals surface area (Å²) in [6.07, 6.45) is 5.99. The molecule has 1 saturated heterocycles. The molecule has 1 unspecified atom stereocenters. The third-order valence-corrected chi connectivity index (χ3v) is 2.95. The minimum Gasteiger partial charge on any atom is -0.478 e. The number of carbonyl (C=O) groups excluding carboxylic acids is 1. The average Bonchev–Trinajstić information content (AvgIpc) is 2.96. The molecule has 0 bridgehead atoms. The lowest BCUT2D eigenvalue weighted by Gasteiger charge is -2.10. The molecule has 2 heterocycles. The Morgan fingerprint density at radius 3 is 2.95 bits per heavy atom. The SMILES string of the molecule is O=C(O)C=Cc1ccc(C(=O)NCC2CCCO2)nc1. The number of carboxylic acids is 1.